The van der Waals surface area contributed by atoms with E-state index in [-0.39, 0.29) is 5.91 Å². The van der Waals surface area contributed by atoms with Gasteiger partial charge in [-0.15, -0.1) is 0 Å². The van der Waals surface area contributed by atoms with Gasteiger partial charge >= 0.3 is 5.63 Å². The summed E-state index contributed by atoms with van der Waals surface area (Å²) in [5, 5.41) is 4.35. The Bertz CT molecular complexity index is 1440. The summed E-state index contributed by atoms with van der Waals surface area (Å²) in [5.74, 6) is -0.280. The number of fused-ring (bicyclic) bond motifs is 1. The summed E-state index contributed by atoms with van der Waals surface area (Å²) >= 11 is 6.58. The van der Waals surface area contributed by atoms with Gasteiger partial charge < -0.3 is 19.5 Å². The highest BCUT2D eigenvalue weighted by Gasteiger charge is 2.18. The second kappa shape index (κ2) is 9.94. The fourth-order valence-corrected chi connectivity index (χ4v) is 4.74. The maximum Gasteiger partial charge on any atom is 0.344 e. The van der Waals surface area contributed by atoms with Crippen molar-refractivity contribution in [1.29, 1.82) is 0 Å². The zero-order chi connectivity index (χ0) is 24.4. The normalized spacial score (nSPS) is 14.3. The number of carbonyl (C=O) groups excluding carboxylic acids is 1. The summed E-state index contributed by atoms with van der Waals surface area (Å²) in [7, 11) is 0. The van der Waals surface area contributed by atoms with Crippen molar-refractivity contribution < 1.29 is 9.21 Å². The Labute approximate surface area is 208 Å². The lowest BCUT2D eigenvalue weighted by molar-refractivity contribution is 0.102. The monoisotopic (exact) mass is 487 g/mol. The molecule has 178 valence electrons. The zero-order valence-electron chi connectivity index (χ0n) is 19.5. The standard InChI is InChI=1S/C28H26ClN3O3/c1-2-31-12-14-32(15-13-31)25-11-10-22(18-24(25)29)30-27(33)21-8-5-7-19(16-21)23-17-20-6-3-4-9-26(20)35-28(23)34/h3-11,16-18H,2,12-15H2,1H3,(H,30,33). The number of nitrogens with zero attached hydrogens (tertiary/aromatic N) is 2. The van der Waals surface area contributed by atoms with Gasteiger partial charge in [-0.1, -0.05) is 48.9 Å². The number of benzene rings is 3. The average molecular weight is 488 g/mol. The van der Waals surface area contributed by atoms with E-state index in [1.807, 2.05) is 30.3 Å². The molecule has 1 aliphatic heterocycles. The molecule has 1 fully saturated rings. The molecule has 1 amide bonds. The van der Waals surface area contributed by atoms with Crippen LogP contribution in [0.5, 0.6) is 0 Å². The molecule has 6 nitrogen and oxygen atoms in total. The lowest BCUT2D eigenvalue weighted by atomic mass is 10.0. The Balaban J connectivity index is 1.34. The van der Waals surface area contributed by atoms with Crippen molar-refractivity contribution in [1.82, 2.24) is 4.90 Å². The minimum absolute atomic E-state index is 0.280. The molecule has 1 saturated heterocycles. The second-order valence-electron chi connectivity index (χ2n) is 8.61. The van der Waals surface area contributed by atoms with Gasteiger partial charge in [0.05, 0.1) is 16.3 Å². The van der Waals surface area contributed by atoms with Crippen LogP contribution in [0.25, 0.3) is 22.1 Å². The van der Waals surface area contributed by atoms with Gasteiger partial charge in [0.15, 0.2) is 0 Å². The van der Waals surface area contributed by atoms with Crippen LogP contribution in [0.2, 0.25) is 5.02 Å². The molecular formula is C28H26ClN3O3. The van der Waals surface area contributed by atoms with Crippen molar-refractivity contribution in [2.75, 3.05) is 42.9 Å². The molecule has 5 rings (SSSR count). The molecule has 0 radical (unpaired) electrons. The number of nitrogens with one attached hydrogen (secondary N) is 1. The molecule has 0 unspecified atom stereocenters. The summed E-state index contributed by atoms with van der Waals surface area (Å²) in [6.07, 6.45) is 0. The van der Waals surface area contributed by atoms with E-state index in [9.17, 15) is 9.59 Å². The third-order valence-electron chi connectivity index (χ3n) is 6.44. The largest absolute Gasteiger partial charge is 0.422 e. The number of amides is 1. The first-order valence-electron chi connectivity index (χ1n) is 11.7. The van der Waals surface area contributed by atoms with E-state index >= 15 is 0 Å². The van der Waals surface area contributed by atoms with Crippen LogP contribution in [0.4, 0.5) is 11.4 Å². The summed E-state index contributed by atoms with van der Waals surface area (Å²) in [6.45, 7) is 7.10. The third-order valence-corrected chi connectivity index (χ3v) is 6.75. The van der Waals surface area contributed by atoms with E-state index in [1.54, 1.807) is 42.5 Å². The van der Waals surface area contributed by atoms with Crippen LogP contribution in [0.15, 0.2) is 82.0 Å². The average Bonchev–Trinajstić information content (AvgIpc) is 2.88. The first kappa shape index (κ1) is 23.1. The minimum atomic E-state index is -0.441. The molecule has 7 heteroatoms. The van der Waals surface area contributed by atoms with E-state index in [0.717, 1.165) is 43.8 Å². The van der Waals surface area contributed by atoms with Gasteiger partial charge in [-0.2, -0.15) is 0 Å². The van der Waals surface area contributed by atoms with Crippen molar-refractivity contribution >= 4 is 39.9 Å². The van der Waals surface area contributed by atoms with Crippen LogP contribution in [0, 0.1) is 0 Å². The quantitative estimate of drug-likeness (QED) is 0.376. The molecule has 1 aromatic heterocycles. The fourth-order valence-electron chi connectivity index (χ4n) is 4.44. The van der Waals surface area contributed by atoms with E-state index in [0.29, 0.717) is 33.0 Å². The van der Waals surface area contributed by atoms with Crippen LogP contribution in [-0.4, -0.2) is 43.5 Å². The van der Waals surface area contributed by atoms with Gasteiger partial charge in [0.2, 0.25) is 0 Å². The predicted octanol–water partition coefficient (Wildman–Crippen LogP) is 5.51. The number of hydrogen-bond acceptors (Lipinski definition) is 5. The Hall–Kier alpha value is -3.61. The summed E-state index contributed by atoms with van der Waals surface area (Å²) < 4.78 is 5.45. The minimum Gasteiger partial charge on any atom is -0.422 e. The van der Waals surface area contributed by atoms with Crippen LogP contribution in [-0.2, 0) is 0 Å². The highest BCUT2D eigenvalue weighted by Crippen LogP contribution is 2.30. The first-order valence-corrected chi connectivity index (χ1v) is 12.1. The predicted molar refractivity (Wildman–Crippen MR) is 142 cm³/mol. The Kier molecular flexibility index (Phi) is 6.57. The second-order valence-corrected chi connectivity index (χ2v) is 9.01. The molecule has 0 atom stereocenters. The lowest BCUT2D eigenvalue weighted by Crippen LogP contribution is -2.46. The van der Waals surface area contributed by atoms with Crippen molar-refractivity contribution in [2.45, 2.75) is 6.92 Å². The molecule has 2 heterocycles. The van der Waals surface area contributed by atoms with E-state index < -0.39 is 5.63 Å². The summed E-state index contributed by atoms with van der Waals surface area (Å²) in [5.41, 5.74) is 3.15. The van der Waals surface area contributed by atoms with Crippen LogP contribution >= 0.6 is 11.6 Å². The van der Waals surface area contributed by atoms with Crippen LogP contribution in [0.3, 0.4) is 0 Å². The Morgan fingerprint density at radius 1 is 0.971 bits per heavy atom. The first-order chi connectivity index (χ1) is 17.0. The van der Waals surface area contributed by atoms with E-state index in [2.05, 4.69) is 22.0 Å². The number of likely N-dealkylation sites (N-methyl/N-ethyl adjacent to an activating group) is 1. The zero-order valence-corrected chi connectivity index (χ0v) is 20.2. The molecule has 1 N–H and O–H groups in total. The van der Waals surface area contributed by atoms with E-state index in [4.69, 9.17) is 16.0 Å². The van der Waals surface area contributed by atoms with Gasteiger partial charge in [0, 0.05) is 42.8 Å². The smallest absolute Gasteiger partial charge is 0.344 e. The third kappa shape index (κ3) is 4.94. The van der Waals surface area contributed by atoms with Crippen molar-refractivity contribution in [3.8, 4) is 11.1 Å². The number of carbonyl (C=O) groups is 1. The van der Waals surface area contributed by atoms with Gasteiger partial charge in [-0.25, -0.2) is 4.79 Å². The molecule has 35 heavy (non-hydrogen) atoms. The van der Waals surface area contributed by atoms with Crippen LogP contribution in [0.1, 0.15) is 17.3 Å². The van der Waals surface area contributed by atoms with Gasteiger partial charge in [-0.3, -0.25) is 4.79 Å². The van der Waals surface area contributed by atoms with E-state index in [1.165, 1.54) is 0 Å². The number of anilines is 2. The highest BCUT2D eigenvalue weighted by molar-refractivity contribution is 6.33. The Morgan fingerprint density at radius 2 is 1.77 bits per heavy atom. The summed E-state index contributed by atoms with van der Waals surface area (Å²) in [6, 6.07) is 21.7. The summed E-state index contributed by atoms with van der Waals surface area (Å²) in [4.78, 5) is 30.2. The van der Waals surface area contributed by atoms with Crippen molar-refractivity contribution in [3.05, 3.63) is 93.8 Å². The van der Waals surface area contributed by atoms with Crippen molar-refractivity contribution in [3.63, 3.8) is 0 Å². The number of hydrogen-bond donors (Lipinski definition) is 1. The number of para-hydroxylation sites is 1. The molecule has 1 aliphatic rings. The van der Waals surface area contributed by atoms with Crippen LogP contribution < -0.4 is 15.8 Å². The lowest BCUT2D eigenvalue weighted by Gasteiger charge is -2.36. The molecular weight excluding hydrogens is 462 g/mol. The molecule has 0 saturated carbocycles. The fraction of sp³-hybridized carbons (Fsp3) is 0.214. The molecule has 3 aromatic carbocycles. The maximum absolute atomic E-state index is 13.0. The molecule has 0 aliphatic carbocycles. The molecule has 0 bridgehead atoms. The number of piperazine rings is 1. The topological polar surface area (TPSA) is 65.8 Å². The van der Waals surface area contributed by atoms with Crippen molar-refractivity contribution in [2.24, 2.45) is 0 Å². The van der Waals surface area contributed by atoms with Gasteiger partial charge in [0.25, 0.3) is 5.91 Å². The maximum atomic E-state index is 13.0. The molecule has 0 spiro atoms. The highest BCUT2D eigenvalue weighted by atomic mass is 35.5. The molecule has 4 aromatic rings. The van der Waals surface area contributed by atoms with Gasteiger partial charge in [0.1, 0.15) is 5.58 Å². The SMILES string of the molecule is CCN1CCN(c2ccc(NC(=O)c3cccc(-c4cc5ccccc5oc4=O)c3)cc2Cl)CC1. The number of rotatable bonds is 5. The Morgan fingerprint density at radius 3 is 2.54 bits per heavy atom. The number of halogens is 1. The van der Waals surface area contributed by atoms with Gasteiger partial charge in [-0.05, 0) is 54.6 Å².